The molecule has 0 atom stereocenters. The number of rotatable bonds is 2. The minimum Gasteiger partial charge on any atom is -0.343 e. The van der Waals surface area contributed by atoms with E-state index < -0.39 is 0 Å². The molecule has 0 aliphatic heterocycles. The zero-order valence-electron chi connectivity index (χ0n) is 12.5. The Balaban J connectivity index is -0.000000178. The van der Waals surface area contributed by atoms with Crippen LogP contribution in [-0.4, -0.2) is 0 Å². The third-order valence-corrected chi connectivity index (χ3v) is 1.82. The average Bonchev–Trinajstić information content (AvgIpc) is 3.14. The summed E-state index contributed by atoms with van der Waals surface area (Å²) in [6, 6.07) is 0. The molecular formula is C18H28Zr. The summed E-state index contributed by atoms with van der Waals surface area (Å²) in [5.74, 6) is 0. The van der Waals surface area contributed by atoms with E-state index in [0.29, 0.717) is 0 Å². The normalized spacial score (nSPS) is 15.8. The third kappa shape index (κ3) is 32.4. The van der Waals surface area contributed by atoms with Crippen molar-refractivity contribution in [3.05, 3.63) is 78.1 Å². The summed E-state index contributed by atoms with van der Waals surface area (Å²) in [4.78, 5) is 0. The van der Waals surface area contributed by atoms with Gasteiger partial charge in [-0.2, -0.15) is 12.8 Å². The second kappa shape index (κ2) is 27.3. The van der Waals surface area contributed by atoms with Gasteiger partial charge in [-0.1, -0.05) is 26.7 Å². The van der Waals surface area contributed by atoms with E-state index in [4.69, 9.17) is 0 Å². The van der Waals surface area contributed by atoms with E-state index in [9.17, 15) is 0 Å². The Bertz CT molecular complexity index is 71.0. The quantitative estimate of drug-likeness (QED) is 0.602. The SMILES string of the molecule is [CH2-]CCC.[CH2-]CCC.[CH]1[CH][CH][CH][CH]1.[CH]1[CH][CH][CH][CH]1.[Zr+2]. The molecule has 2 fully saturated rings. The van der Waals surface area contributed by atoms with E-state index in [0.717, 1.165) is 12.8 Å². The molecule has 0 saturated heterocycles. The Labute approximate surface area is 143 Å². The molecule has 2 aliphatic rings. The van der Waals surface area contributed by atoms with Gasteiger partial charge in [0.1, 0.15) is 0 Å². The van der Waals surface area contributed by atoms with E-state index in [-0.39, 0.29) is 26.2 Å². The molecule has 2 saturated carbocycles. The van der Waals surface area contributed by atoms with Crippen LogP contribution in [0, 0.1) is 78.1 Å². The summed E-state index contributed by atoms with van der Waals surface area (Å²) >= 11 is 0. The van der Waals surface area contributed by atoms with Crippen LogP contribution < -0.4 is 0 Å². The zero-order chi connectivity index (χ0) is 13.9. The molecule has 0 unspecified atom stereocenters. The van der Waals surface area contributed by atoms with E-state index in [2.05, 4.69) is 27.7 Å². The van der Waals surface area contributed by atoms with E-state index in [1.54, 1.807) is 0 Å². The van der Waals surface area contributed by atoms with Crippen LogP contribution in [0.4, 0.5) is 0 Å². The monoisotopic (exact) mass is 334 g/mol. The second-order valence-corrected chi connectivity index (χ2v) is 3.63. The minimum absolute atomic E-state index is 0. The van der Waals surface area contributed by atoms with Gasteiger partial charge in [0.25, 0.3) is 0 Å². The molecule has 0 amide bonds. The predicted octanol–water partition coefficient (Wildman–Crippen LogP) is 5.28. The third-order valence-electron chi connectivity index (χ3n) is 1.82. The van der Waals surface area contributed by atoms with Gasteiger partial charge in [-0.25, -0.2) is 0 Å². The van der Waals surface area contributed by atoms with Gasteiger partial charge in [-0.3, -0.25) is 0 Å². The van der Waals surface area contributed by atoms with Crippen molar-refractivity contribution in [2.45, 2.75) is 39.5 Å². The molecule has 2 rings (SSSR count). The first-order chi connectivity index (χ1) is 8.83. The topological polar surface area (TPSA) is 0 Å². The number of hydrogen-bond donors (Lipinski definition) is 0. The molecule has 0 bridgehead atoms. The predicted molar refractivity (Wildman–Crippen MR) is 83.5 cm³/mol. The van der Waals surface area contributed by atoms with Crippen LogP contribution in [0.15, 0.2) is 0 Å². The molecule has 0 aromatic heterocycles. The van der Waals surface area contributed by atoms with E-state index >= 15 is 0 Å². The van der Waals surface area contributed by atoms with Crippen molar-refractivity contribution in [3.8, 4) is 0 Å². The summed E-state index contributed by atoms with van der Waals surface area (Å²) in [5, 5.41) is 0. The Hall–Kier alpha value is 0.883. The van der Waals surface area contributed by atoms with E-state index in [1.807, 2.05) is 64.2 Å². The molecule has 0 spiro atoms. The van der Waals surface area contributed by atoms with Crippen LogP contribution >= 0.6 is 0 Å². The smallest absolute Gasteiger partial charge is 0.343 e. The Morgan fingerprint density at radius 1 is 0.526 bits per heavy atom. The number of hydrogen-bond acceptors (Lipinski definition) is 0. The molecule has 0 aromatic rings. The van der Waals surface area contributed by atoms with Crippen molar-refractivity contribution in [1.82, 2.24) is 0 Å². The Morgan fingerprint density at radius 2 is 0.632 bits per heavy atom. The molecule has 0 nitrogen and oxygen atoms in total. The Kier molecular flexibility index (Phi) is 35.7. The first-order valence-corrected chi connectivity index (χ1v) is 6.75. The summed E-state index contributed by atoms with van der Waals surface area (Å²) in [6.45, 7) is 11.4. The van der Waals surface area contributed by atoms with Gasteiger partial charge >= 0.3 is 26.2 Å². The van der Waals surface area contributed by atoms with Gasteiger partial charge in [0.05, 0.1) is 0 Å². The fourth-order valence-electron chi connectivity index (χ4n) is 0.642. The molecule has 19 heavy (non-hydrogen) atoms. The number of unbranched alkanes of at least 4 members (excludes halogenated alkanes) is 2. The minimum atomic E-state index is 0. The van der Waals surface area contributed by atoms with Crippen molar-refractivity contribution in [1.29, 1.82) is 0 Å². The first kappa shape index (κ1) is 24.9. The van der Waals surface area contributed by atoms with E-state index in [1.165, 1.54) is 12.8 Å². The van der Waals surface area contributed by atoms with Crippen molar-refractivity contribution in [2.75, 3.05) is 0 Å². The molecule has 10 radical (unpaired) electrons. The maximum Gasteiger partial charge on any atom is 2.00 e. The standard InChI is InChI=1S/2C5H5.2C4H9.Zr/c2*1-2-4-5-3-1;2*1-3-4-2;/h2*1-5H;2*1,3-4H2,2H3;/q;;2*-1;+2. The molecule has 104 valence electrons. The van der Waals surface area contributed by atoms with Gasteiger partial charge in [0, 0.05) is 0 Å². The fourth-order valence-corrected chi connectivity index (χ4v) is 0.642. The van der Waals surface area contributed by atoms with Gasteiger partial charge in [0.2, 0.25) is 0 Å². The van der Waals surface area contributed by atoms with Crippen LogP contribution in [-0.2, 0) is 26.2 Å². The molecule has 0 N–H and O–H groups in total. The molecule has 1 heteroatoms. The zero-order valence-corrected chi connectivity index (χ0v) is 15.0. The molecule has 0 aromatic carbocycles. The van der Waals surface area contributed by atoms with Crippen LogP contribution in [0.25, 0.3) is 0 Å². The summed E-state index contributed by atoms with van der Waals surface area (Å²) < 4.78 is 0. The van der Waals surface area contributed by atoms with Crippen LogP contribution in [0.1, 0.15) is 39.5 Å². The van der Waals surface area contributed by atoms with Gasteiger partial charge < -0.3 is 13.8 Å². The van der Waals surface area contributed by atoms with Gasteiger partial charge in [-0.15, -0.1) is 0 Å². The largest absolute Gasteiger partial charge is 2.00 e. The molecule has 0 heterocycles. The molecule has 2 aliphatic carbocycles. The second-order valence-electron chi connectivity index (χ2n) is 3.63. The fraction of sp³-hybridized carbons (Fsp3) is 0.333. The van der Waals surface area contributed by atoms with Crippen molar-refractivity contribution >= 4 is 0 Å². The van der Waals surface area contributed by atoms with Crippen molar-refractivity contribution in [3.63, 3.8) is 0 Å². The molecular weight excluding hydrogens is 307 g/mol. The van der Waals surface area contributed by atoms with Crippen LogP contribution in [0.3, 0.4) is 0 Å². The maximum atomic E-state index is 3.60. The maximum absolute atomic E-state index is 3.60. The average molecular weight is 336 g/mol. The van der Waals surface area contributed by atoms with Crippen LogP contribution in [0.2, 0.25) is 0 Å². The summed E-state index contributed by atoms with van der Waals surface area (Å²) in [6.07, 6.45) is 24.6. The summed E-state index contributed by atoms with van der Waals surface area (Å²) in [7, 11) is 0. The van der Waals surface area contributed by atoms with Crippen molar-refractivity contribution in [2.24, 2.45) is 0 Å². The van der Waals surface area contributed by atoms with Gasteiger partial charge in [-0.05, 0) is 64.2 Å². The van der Waals surface area contributed by atoms with Crippen LogP contribution in [0.5, 0.6) is 0 Å². The first-order valence-electron chi connectivity index (χ1n) is 6.75. The summed E-state index contributed by atoms with van der Waals surface area (Å²) in [5.41, 5.74) is 0. The van der Waals surface area contributed by atoms with Gasteiger partial charge in [0.15, 0.2) is 0 Å². The Morgan fingerprint density at radius 3 is 0.684 bits per heavy atom. The van der Waals surface area contributed by atoms with Crippen molar-refractivity contribution < 1.29 is 26.2 Å².